The largest absolute Gasteiger partial charge is 0.481 e. The van der Waals surface area contributed by atoms with Gasteiger partial charge in [0.25, 0.3) is 0 Å². The Labute approximate surface area is 116 Å². The second-order valence-corrected chi connectivity index (χ2v) is 5.00. The maximum Gasteiger partial charge on any atom is 0.413 e. The number of rotatable bonds is 3. The number of carbonyl (C=O) groups is 2. The quantitative estimate of drug-likeness (QED) is 0.872. The fourth-order valence-corrected chi connectivity index (χ4v) is 1.36. The van der Waals surface area contributed by atoms with E-state index in [-0.39, 0.29) is 17.1 Å². The van der Waals surface area contributed by atoms with Crippen LogP contribution in [0.2, 0.25) is 0 Å². The Balaban J connectivity index is 2.90. The number of ether oxygens (including phenoxy) is 1. The van der Waals surface area contributed by atoms with Gasteiger partial charge in [0.05, 0.1) is 17.7 Å². The monoisotopic (exact) mass is 277 g/mol. The molecule has 0 saturated heterocycles. The fraction of sp³-hybridized carbons (Fsp3) is 0.385. The highest BCUT2D eigenvalue weighted by molar-refractivity contribution is 5.83. The average Bonchev–Trinajstić information content (AvgIpc) is 2.25. The number of hydrogen-bond donors (Lipinski definition) is 2. The Kier molecular flexibility index (Phi) is 4.64. The molecule has 0 aliphatic heterocycles. The lowest BCUT2D eigenvalue weighted by Gasteiger charge is -2.19. The predicted molar refractivity (Wildman–Crippen MR) is 70.1 cm³/mol. The number of nitrogens with one attached hydrogen (secondary N) is 1. The van der Waals surface area contributed by atoms with Gasteiger partial charge in [-0.2, -0.15) is 5.26 Å². The molecule has 0 bridgehead atoms. The van der Waals surface area contributed by atoms with Crippen LogP contribution in [0.25, 0.3) is 0 Å². The summed E-state index contributed by atoms with van der Waals surface area (Å²) in [6.45, 7) is 5.15. The predicted octanol–water partition coefficient (Wildman–Crippen LogP) is 1.93. The molecule has 1 aromatic rings. The maximum absolute atomic E-state index is 11.6. The molecule has 7 heteroatoms. The van der Waals surface area contributed by atoms with Gasteiger partial charge in [0.2, 0.25) is 0 Å². The molecule has 20 heavy (non-hydrogen) atoms. The molecule has 0 atom stereocenters. The number of carboxylic acid groups (broad SMARTS) is 1. The number of carboxylic acids is 1. The number of nitrogens with zero attached hydrogens (tertiary/aromatic N) is 2. The molecule has 2 N–H and O–H groups in total. The van der Waals surface area contributed by atoms with E-state index in [0.29, 0.717) is 0 Å². The number of aromatic nitrogens is 1. The van der Waals surface area contributed by atoms with Gasteiger partial charge in [0, 0.05) is 0 Å². The van der Waals surface area contributed by atoms with Crippen molar-refractivity contribution in [1.29, 1.82) is 5.26 Å². The first-order chi connectivity index (χ1) is 9.21. The van der Waals surface area contributed by atoms with Gasteiger partial charge >= 0.3 is 12.1 Å². The first kappa shape index (κ1) is 15.4. The van der Waals surface area contributed by atoms with Gasteiger partial charge in [-0.15, -0.1) is 0 Å². The number of amides is 1. The number of hydrogen-bond acceptors (Lipinski definition) is 5. The van der Waals surface area contributed by atoms with Gasteiger partial charge in [-0.25, -0.2) is 9.78 Å². The normalized spacial score (nSPS) is 10.5. The third-order valence-electron chi connectivity index (χ3n) is 2.04. The summed E-state index contributed by atoms with van der Waals surface area (Å²) < 4.78 is 5.05. The topological polar surface area (TPSA) is 112 Å². The summed E-state index contributed by atoms with van der Waals surface area (Å²) in [5.74, 6) is -0.974. The highest BCUT2D eigenvalue weighted by Crippen LogP contribution is 2.13. The Hall–Kier alpha value is -2.62. The molecule has 0 unspecified atom stereocenters. The fourth-order valence-electron chi connectivity index (χ4n) is 1.36. The first-order valence-corrected chi connectivity index (χ1v) is 5.83. The van der Waals surface area contributed by atoms with E-state index in [1.54, 1.807) is 20.8 Å². The second kappa shape index (κ2) is 6.02. The zero-order valence-corrected chi connectivity index (χ0v) is 11.4. The molecule has 106 valence electrons. The van der Waals surface area contributed by atoms with Crippen LogP contribution in [0.15, 0.2) is 12.1 Å². The first-order valence-electron chi connectivity index (χ1n) is 5.83. The Morgan fingerprint density at radius 3 is 2.60 bits per heavy atom. The molecule has 1 amide bonds. The Morgan fingerprint density at radius 1 is 1.45 bits per heavy atom. The van der Waals surface area contributed by atoms with Gasteiger partial charge in [0.15, 0.2) is 0 Å². The summed E-state index contributed by atoms with van der Waals surface area (Å²) in [4.78, 5) is 26.2. The summed E-state index contributed by atoms with van der Waals surface area (Å²) in [7, 11) is 0. The molecule has 0 saturated carbocycles. The lowest BCUT2D eigenvalue weighted by Crippen LogP contribution is -2.27. The van der Waals surface area contributed by atoms with Gasteiger partial charge in [-0.1, -0.05) is 0 Å². The standard InChI is InChI=1S/C13H15N3O4/c1-13(2,3)20-12(19)16-10-5-4-8(7-14)9(15-10)6-11(17)18/h4-5H,6H2,1-3H3,(H,17,18)(H,15,16,19). The van der Waals surface area contributed by atoms with Gasteiger partial charge < -0.3 is 9.84 Å². The SMILES string of the molecule is CC(C)(C)OC(=O)Nc1ccc(C#N)c(CC(=O)O)n1. The minimum atomic E-state index is -1.11. The maximum atomic E-state index is 11.6. The van der Waals surface area contributed by atoms with Crippen molar-refractivity contribution < 1.29 is 19.4 Å². The second-order valence-electron chi connectivity index (χ2n) is 5.00. The molecule has 0 aliphatic rings. The van der Waals surface area contributed by atoms with Crippen LogP contribution < -0.4 is 5.32 Å². The summed E-state index contributed by atoms with van der Waals surface area (Å²) >= 11 is 0. The molecule has 0 aliphatic carbocycles. The van der Waals surface area contributed by atoms with Crippen molar-refractivity contribution in [3.63, 3.8) is 0 Å². The van der Waals surface area contributed by atoms with Crippen LogP contribution in [-0.4, -0.2) is 27.8 Å². The molecule has 1 rings (SSSR count). The van der Waals surface area contributed by atoms with Crippen LogP contribution in [0.5, 0.6) is 0 Å². The third-order valence-corrected chi connectivity index (χ3v) is 2.04. The highest BCUT2D eigenvalue weighted by atomic mass is 16.6. The molecular formula is C13H15N3O4. The summed E-state index contributed by atoms with van der Waals surface area (Å²) in [5, 5.41) is 20.0. The van der Waals surface area contributed by atoms with Crippen LogP contribution in [0.3, 0.4) is 0 Å². The smallest absolute Gasteiger partial charge is 0.413 e. The van der Waals surface area contributed by atoms with Crippen molar-refractivity contribution >= 4 is 17.9 Å². The van der Waals surface area contributed by atoms with Gasteiger partial charge in [0.1, 0.15) is 17.5 Å². The zero-order chi connectivity index (χ0) is 15.3. The summed E-state index contributed by atoms with van der Waals surface area (Å²) in [6, 6.07) is 4.66. The lowest BCUT2D eigenvalue weighted by molar-refractivity contribution is -0.136. The van der Waals surface area contributed by atoms with Crippen molar-refractivity contribution in [1.82, 2.24) is 4.98 Å². The summed E-state index contributed by atoms with van der Waals surface area (Å²) in [6.07, 6.45) is -1.09. The van der Waals surface area contributed by atoms with E-state index in [0.717, 1.165) is 0 Å². The molecule has 0 fully saturated rings. The minimum absolute atomic E-state index is 0.0913. The molecular weight excluding hydrogens is 262 g/mol. The van der Waals surface area contributed by atoms with Crippen molar-refractivity contribution in [2.24, 2.45) is 0 Å². The zero-order valence-electron chi connectivity index (χ0n) is 11.4. The number of carbonyl (C=O) groups excluding carboxylic acids is 1. The molecule has 0 radical (unpaired) electrons. The Bertz CT molecular complexity index is 570. The van der Waals surface area contributed by atoms with E-state index >= 15 is 0 Å². The third kappa shape index (κ3) is 4.94. The number of nitriles is 1. The average molecular weight is 277 g/mol. The molecule has 0 aromatic carbocycles. The minimum Gasteiger partial charge on any atom is -0.481 e. The molecule has 1 aromatic heterocycles. The van der Waals surface area contributed by atoms with Crippen LogP contribution in [-0.2, 0) is 16.0 Å². The van der Waals surface area contributed by atoms with Crippen molar-refractivity contribution in [2.75, 3.05) is 5.32 Å². The highest BCUT2D eigenvalue weighted by Gasteiger charge is 2.17. The van der Waals surface area contributed by atoms with Crippen molar-refractivity contribution in [2.45, 2.75) is 32.8 Å². The van der Waals surface area contributed by atoms with Crippen LogP contribution >= 0.6 is 0 Å². The summed E-state index contributed by atoms with van der Waals surface area (Å²) in [5.41, 5.74) is -0.406. The van der Waals surface area contributed by atoms with Crippen molar-refractivity contribution in [3.05, 3.63) is 23.4 Å². The van der Waals surface area contributed by atoms with E-state index in [2.05, 4.69) is 10.3 Å². The molecule has 0 spiro atoms. The Morgan fingerprint density at radius 2 is 2.10 bits per heavy atom. The van der Waals surface area contributed by atoms with Crippen molar-refractivity contribution in [3.8, 4) is 6.07 Å². The number of anilines is 1. The lowest BCUT2D eigenvalue weighted by atomic mass is 10.1. The van der Waals surface area contributed by atoms with Crippen LogP contribution in [0.1, 0.15) is 32.0 Å². The van der Waals surface area contributed by atoms with Gasteiger partial charge in [-0.05, 0) is 32.9 Å². The van der Waals surface area contributed by atoms with E-state index in [4.69, 9.17) is 15.1 Å². The molecule has 7 nitrogen and oxygen atoms in total. The molecule has 1 heterocycles. The van der Waals surface area contributed by atoms with E-state index in [1.165, 1.54) is 12.1 Å². The van der Waals surface area contributed by atoms with Crippen LogP contribution in [0, 0.1) is 11.3 Å². The number of pyridine rings is 1. The van der Waals surface area contributed by atoms with E-state index in [1.807, 2.05) is 6.07 Å². The van der Waals surface area contributed by atoms with Gasteiger partial charge in [-0.3, -0.25) is 10.1 Å². The van der Waals surface area contributed by atoms with E-state index < -0.39 is 24.1 Å². The van der Waals surface area contributed by atoms with Crippen LogP contribution in [0.4, 0.5) is 10.6 Å². The van der Waals surface area contributed by atoms with E-state index in [9.17, 15) is 9.59 Å². The number of aliphatic carboxylic acids is 1.